The fourth-order valence-electron chi connectivity index (χ4n) is 5.59. The van der Waals surface area contributed by atoms with Crippen LogP contribution in [0.5, 0.6) is 0 Å². The van der Waals surface area contributed by atoms with Crippen molar-refractivity contribution >= 4 is 33.2 Å². The predicted octanol–water partition coefficient (Wildman–Crippen LogP) is 4.94. The van der Waals surface area contributed by atoms with E-state index in [9.17, 15) is 4.79 Å². The van der Waals surface area contributed by atoms with E-state index in [-0.39, 0.29) is 30.1 Å². The highest BCUT2D eigenvalue weighted by Crippen LogP contribution is 2.48. The molecule has 1 saturated carbocycles. The second-order valence-electron chi connectivity index (χ2n) is 8.71. The Labute approximate surface area is 184 Å². The molecule has 1 amide bonds. The first-order valence-corrected chi connectivity index (χ1v) is 11.0. The lowest BCUT2D eigenvalue weighted by molar-refractivity contribution is -0.189. The molecule has 4 atom stereocenters. The molecule has 4 aromatic rings. The Morgan fingerprint density at radius 3 is 2.25 bits per heavy atom. The Morgan fingerprint density at radius 1 is 0.875 bits per heavy atom. The second kappa shape index (κ2) is 6.65. The number of oxime groups is 1. The van der Waals surface area contributed by atoms with Crippen LogP contribution in [-0.2, 0) is 9.68 Å². The van der Waals surface area contributed by atoms with Gasteiger partial charge in [0.1, 0.15) is 12.1 Å². The first-order valence-electron chi connectivity index (χ1n) is 11.0. The van der Waals surface area contributed by atoms with Crippen LogP contribution in [0.1, 0.15) is 22.3 Å². The molecular formula is C27H20N2O3. The standard InChI is InChI=1S/C27H20N2O3/c30-27(16-8-2-1-3-9-16)29-21-15-22(32-29)24-25(28-31-26(21)24)23-19-12-6-4-10-17(19)14-18-11-5-7-13-20(18)23/h1-14,21-22,24,26H,15H2/t21-,22+,24+,26+/m1/s1. The Morgan fingerprint density at radius 2 is 1.53 bits per heavy atom. The van der Waals surface area contributed by atoms with Crippen molar-refractivity contribution in [1.82, 2.24) is 5.06 Å². The first kappa shape index (κ1) is 17.9. The van der Waals surface area contributed by atoms with Crippen molar-refractivity contribution in [3.63, 3.8) is 0 Å². The van der Waals surface area contributed by atoms with Crippen LogP contribution in [-0.4, -0.2) is 34.9 Å². The third kappa shape index (κ3) is 2.43. The van der Waals surface area contributed by atoms with Crippen molar-refractivity contribution in [3.8, 4) is 0 Å². The molecule has 5 heteroatoms. The topological polar surface area (TPSA) is 51.1 Å². The maximum Gasteiger partial charge on any atom is 0.277 e. The monoisotopic (exact) mass is 420 g/mol. The largest absolute Gasteiger partial charge is 0.389 e. The van der Waals surface area contributed by atoms with Crippen molar-refractivity contribution in [2.45, 2.75) is 24.7 Å². The first-order chi connectivity index (χ1) is 15.8. The van der Waals surface area contributed by atoms with Crippen LogP contribution in [0.4, 0.5) is 0 Å². The molecule has 7 rings (SSSR count). The van der Waals surface area contributed by atoms with Crippen LogP contribution in [0, 0.1) is 5.92 Å². The summed E-state index contributed by atoms with van der Waals surface area (Å²) in [6.45, 7) is 0. The van der Waals surface area contributed by atoms with E-state index in [1.54, 1.807) is 0 Å². The summed E-state index contributed by atoms with van der Waals surface area (Å²) in [5.41, 5.74) is 2.67. The van der Waals surface area contributed by atoms with Gasteiger partial charge in [-0.25, -0.2) is 5.06 Å². The quantitative estimate of drug-likeness (QED) is 0.432. The normalized spacial score (nSPS) is 25.8. The molecule has 2 bridgehead atoms. The summed E-state index contributed by atoms with van der Waals surface area (Å²) in [6, 6.07) is 28.1. The number of amides is 1. The SMILES string of the molecule is O=C(c1ccccc1)N1O[C@H]2C[C@@H]1[C@@H]1ON=C(c3c4ccccc4cc4ccccc34)[C@@H]12. The molecule has 32 heavy (non-hydrogen) atoms. The Bertz CT molecular complexity index is 1360. The molecule has 2 aliphatic heterocycles. The van der Waals surface area contributed by atoms with E-state index < -0.39 is 0 Å². The zero-order chi connectivity index (χ0) is 21.2. The maximum absolute atomic E-state index is 13.0. The van der Waals surface area contributed by atoms with E-state index in [4.69, 9.17) is 9.68 Å². The molecular weight excluding hydrogens is 400 g/mol. The average Bonchev–Trinajstić information content (AvgIpc) is 3.55. The van der Waals surface area contributed by atoms with Gasteiger partial charge in [-0.1, -0.05) is 71.9 Å². The van der Waals surface area contributed by atoms with Crippen molar-refractivity contribution in [3.05, 3.63) is 96.1 Å². The van der Waals surface area contributed by atoms with Gasteiger partial charge in [0.2, 0.25) is 0 Å². The molecule has 0 radical (unpaired) electrons. The minimum absolute atomic E-state index is 0.00837. The van der Waals surface area contributed by atoms with Crippen LogP contribution in [0.15, 0.2) is 90.1 Å². The molecule has 0 N–H and O–H groups in total. The van der Waals surface area contributed by atoms with E-state index in [0.29, 0.717) is 5.56 Å². The molecule has 5 nitrogen and oxygen atoms in total. The van der Waals surface area contributed by atoms with Crippen molar-refractivity contribution in [2.75, 3.05) is 0 Å². The van der Waals surface area contributed by atoms with Crippen molar-refractivity contribution in [2.24, 2.45) is 11.1 Å². The van der Waals surface area contributed by atoms with E-state index in [1.807, 2.05) is 30.3 Å². The number of carbonyl (C=O) groups excluding carboxylic acids is 1. The Balaban J connectivity index is 1.29. The lowest BCUT2D eigenvalue weighted by Gasteiger charge is -2.32. The summed E-state index contributed by atoms with van der Waals surface area (Å²) >= 11 is 0. The number of hydrogen-bond acceptors (Lipinski definition) is 4. The zero-order valence-electron chi connectivity index (χ0n) is 17.2. The summed E-state index contributed by atoms with van der Waals surface area (Å²) in [6.07, 6.45) is 0.445. The molecule has 1 saturated heterocycles. The third-order valence-corrected chi connectivity index (χ3v) is 6.99. The van der Waals surface area contributed by atoms with Crippen LogP contribution >= 0.6 is 0 Å². The van der Waals surface area contributed by atoms with E-state index in [1.165, 1.54) is 15.8 Å². The van der Waals surface area contributed by atoms with Gasteiger partial charge in [-0.05, 0) is 39.7 Å². The Hall–Kier alpha value is -3.70. The highest BCUT2D eigenvalue weighted by Gasteiger charge is 2.61. The van der Waals surface area contributed by atoms with Crippen LogP contribution < -0.4 is 0 Å². The predicted molar refractivity (Wildman–Crippen MR) is 122 cm³/mol. The number of fused-ring (bicyclic) bond motifs is 7. The number of hydrogen-bond donors (Lipinski definition) is 0. The fourth-order valence-corrected chi connectivity index (χ4v) is 5.59. The average molecular weight is 420 g/mol. The van der Waals surface area contributed by atoms with Gasteiger partial charge in [0, 0.05) is 17.5 Å². The number of benzene rings is 4. The molecule has 2 heterocycles. The molecule has 2 fully saturated rings. The molecule has 0 aromatic heterocycles. The third-order valence-electron chi connectivity index (χ3n) is 6.99. The van der Waals surface area contributed by atoms with Gasteiger partial charge in [-0.3, -0.25) is 9.63 Å². The fraction of sp³-hybridized carbons (Fsp3) is 0.185. The van der Waals surface area contributed by atoms with Gasteiger partial charge < -0.3 is 4.84 Å². The smallest absolute Gasteiger partial charge is 0.277 e. The summed E-state index contributed by atoms with van der Waals surface area (Å²) in [5.74, 6) is -0.113. The van der Waals surface area contributed by atoms with Gasteiger partial charge in [-0.15, -0.1) is 0 Å². The van der Waals surface area contributed by atoms with Crippen LogP contribution in [0.2, 0.25) is 0 Å². The minimum Gasteiger partial charge on any atom is -0.389 e. The van der Waals surface area contributed by atoms with Gasteiger partial charge >= 0.3 is 0 Å². The number of nitrogens with zero attached hydrogens (tertiary/aromatic N) is 2. The van der Waals surface area contributed by atoms with Crippen LogP contribution in [0.3, 0.4) is 0 Å². The number of hydroxylamine groups is 2. The lowest BCUT2D eigenvalue weighted by Crippen LogP contribution is -2.49. The summed E-state index contributed by atoms with van der Waals surface area (Å²) in [7, 11) is 0. The van der Waals surface area contributed by atoms with E-state index in [0.717, 1.165) is 28.5 Å². The summed E-state index contributed by atoms with van der Waals surface area (Å²) in [4.78, 5) is 25.2. The molecule has 4 aromatic carbocycles. The van der Waals surface area contributed by atoms with Crippen LogP contribution in [0.25, 0.3) is 21.5 Å². The highest BCUT2D eigenvalue weighted by molar-refractivity contribution is 6.22. The maximum atomic E-state index is 13.0. The molecule has 3 aliphatic rings. The molecule has 0 spiro atoms. The van der Waals surface area contributed by atoms with Crippen molar-refractivity contribution < 1.29 is 14.5 Å². The van der Waals surface area contributed by atoms with Crippen molar-refractivity contribution in [1.29, 1.82) is 0 Å². The van der Waals surface area contributed by atoms with E-state index >= 15 is 0 Å². The highest BCUT2D eigenvalue weighted by atomic mass is 16.7. The van der Waals surface area contributed by atoms with Gasteiger partial charge in [0.25, 0.3) is 5.91 Å². The zero-order valence-corrected chi connectivity index (χ0v) is 17.2. The second-order valence-corrected chi connectivity index (χ2v) is 8.71. The molecule has 1 aliphatic carbocycles. The summed E-state index contributed by atoms with van der Waals surface area (Å²) in [5, 5.41) is 10.8. The minimum atomic E-state index is -0.186. The molecule has 156 valence electrons. The number of rotatable bonds is 2. The van der Waals surface area contributed by atoms with Gasteiger partial charge in [-0.2, -0.15) is 0 Å². The van der Waals surface area contributed by atoms with Gasteiger partial charge in [0.15, 0.2) is 6.10 Å². The summed E-state index contributed by atoms with van der Waals surface area (Å²) < 4.78 is 0. The number of carbonyl (C=O) groups is 1. The molecule has 0 unspecified atom stereocenters. The Kier molecular flexibility index (Phi) is 3.72. The lowest BCUT2D eigenvalue weighted by atomic mass is 9.86. The van der Waals surface area contributed by atoms with E-state index in [2.05, 4.69) is 59.8 Å². The van der Waals surface area contributed by atoms with Gasteiger partial charge in [0.05, 0.1) is 11.6 Å².